The molecule has 0 N–H and O–H groups in total. The van der Waals surface area contributed by atoms with Crippen molar-refractivity contribution in [1.29, 1.82) is 0 Å². The lowest BCUT2D eigenvalue weighted by Crippen LogP contribution is -2.19. The molecule has 1 heterocycles. The van der Waals surface area contributed by atoms with Gasteiger partial charge in [0.25, 0.3) is 0 Å². The van der Waals surface area contributed by atoms with Crippen LogP contribution in [0.4, 0.5) is 0 Å². The Morgan fingerprint density at radius 1 is 0.600 bits per heavy atom. The molecule has 5 rings (SSSR count). The van der Waals surface area contributed by atoms with Gasteiger partial charge in [0.2, 0.25) is 5.78 Å². The van der Waals surface area contributed by atoms with E-state index >= 15 is 0 Å². The number of carbonyl (C=O) groups is 2. The minimum absolute atomic E-state index is 0.123. The second-order valence-electron chi connectivity index (χ2n) is 6.14. The SMILES string of the molecule is O=C1C=C(n2c3ccccc3c3ccccc32)C(=O)c2ccccc21. The molecule has 3 nitrogen and oxygen atoms in total. The highest BCUT2D eigenvalue weighted by atomic mass is 16.1. The molecule has 0 atom stereocenters. The third-order valence-electron chi connectivity index (χ3n) is 4.76. The van der Waals surface area contributed by atoms with Gasteiger partial charge in [-0.1, -0.05) is 60.7 Å². The molecule has 0 saturated carbocycles. The molecule has 0 saturated heterocycles. The fraction of sp³-hybridized carbons (Fsp3) is 0. The van der Waals surface area contributed by atoms with Crippen molar-refractivity contribution in [2.24, 2.45) is 0 Å². The highest BCUT2D eigenvalue weighted by Gasteiger charge is 2.28. The molecule has 25 heavy (non-hydrogen) atoms. The lowest BCUT2D eigenvalue weighted by molar-refractivity contribution is 0.0998. The summed E-state index contributed by atoms with van der Waals surface area (Å²) in [6.07, 6.45) is 1.46. The number of ketones is 2. The number of hydrogen-bond donors (Lipinski definition) is 0. The number of carbonyl (C=O) groups excluding carboxylic acids is 2. The number of aromatic nitrogens is 1. The summed E-state index contributed by atoms with van der Waals surface area (Å²) in [6, 6.07) is 22.9. The predicted octanol–water partition coefficient (Wildman–Crippen LogP) is 4.71. The standard InChI is InChI=1S/C22H13NO2/c24-21-13-20(22(25)17-10-2-1-9-16(17)21)23-18-11-5-3-7-14(18)15-8-4-6-12-19(15)23/h1-13H. The van der Waals surface area contributed by atoms with Crippen molar-refractivity contribution in [2.45, 2.75) is 0 Å². The quantitative estimate of drug-likeness (QED) is 0.509. The zero-order valence-electron chi connectivity index (χ0n) is 13.3. The van der Waals surface area contributed by atoms with E-state index in [0.717, 1.165) is 21.8 Å². The Hall–Kier alpha value is -3.46. The van der Waals surface area contributed by atoms with E-state index in [9.17, 15) is 9.59 Å². The second kappa shape index (κ2) is 5.02. The summed E-state index contributed by atoms with van der Waals surface area (Å²) in [5.41, 5.74) is 3.19. The molecule has 118 valence electrons. The number of benzene rings is 3. The highest BCUT2D eigenvalue weighted by molar-refractivity contribution is 6.37. The van der Waals surface area contributed by atoms with Crippen LogP contribution in [0.1, 0.15) is 20.7 Å². The topological polar surface area (TPSA) is 39.1 Å². The summed E-state index contributed by atoms with van der Waals surface area (Å²) in [5, 5.41) is 2.14. The normalized spacial score (nSPS) is 14.0. The van der Waals surface area contributed by atoms with Crippen molar-refractivity contribution < 1.29 is 9.59 Å². The summed E-state index contributed by atoms with van der Waals surface area (Å²) in [6.45, 7) is 0. The number of allylic oxidation sites excluding steroid dienone is 2. The highest BCUT2D eigenvalue weighted by Crippen LogP contribution is 2.34. The fourth-order valence-electron chi connectivity index (χ4n) is 3.65. The van der Waals surface area contributed by atoms with E-state index in [1.807, 2.05) is 53.1 Å². The van der Waals surface area contributed by atoms with Gasteiger partial charge in [0.1, 0.15) is 0 Å². The van der Waals surface area contributed by atoms with Crippen molar-refractivity contribution in [3.63, 3.8) is 0 Å². The Bertz CT molecular complexity index is 1170. The summed E-state index contributed by atoms with van der Waals surface area (Å²) < 4.78 is 1.90. The maximum atomic E-state index is 13.1. The number of nitrogens with zero attached hydrogens (tertiary/aromatic N) is 1. The van der Waals surface area contributed by atoms with Crippen LogP contribution < -0.4 is 0 Å². The summed E-state index contributed by atoms with van der Waals surface area (Å²) in [7, 11) is 0. The first-order valence-electron chi connectivity index (χ1n) is 8.14. The zero-order chi connectivity index (χ0) is 17.0. The largest absolute Gasteiger partial charge is 0.305 e. The summed E-state index contributed by atoms with van der Waals surface area (Å²) in [4.78, 5) is 25.7. The third-order valence-corrected chi connectivity index (χ3v) is 4.76. The van der Waals surface area contributed by atoms with Gasteiger partial charge in [-0.15, -0.1) is 0 Å². The predicted molar refractivity (Wildman–Crippen MR) is 98.8 cm³/mol. The lowest BCUT2D eigenvalue weighted by Gasteiger charge is -2.17. The monoisotopic (exact) mass is 323 g/mol. The van der Waals surface area contributed by atoms with Gasteiger partial charge in [-0.05, 0) is 12.1 Å². The molecule has 0 spiro atoms. The first-order valence-corrected chi connectivity index (χ1v) is 8.14. The van der Waals surface area contributed by atoms with E-state index in [1.54, 1.807) is 24.3 Å². The maximum absolute atomic E-state index is 13.1. The van der Waals surface area contributed by atoms with Crippen molar-refractivity contribution >= 4 is 39.1 Å². The molecule has 3 aromatic carbocycles. The molecule has 3 heteroatoms. The Morgan fingerprint density at radius 3 is 1.76 bits per heavy atom. The van der Waals surface area contributed by atoms with Crippen LogP contribution in [0.5, 0.6) is 0 Å². The van der Waals surface area contributed by atoms with E-state index in [1.165, 1.54) is 6.08 Å². The van der Waals surface area contributed by atoms with Crippen LogP contribution in [-0.2, 0) is 0 Å². The van der Waals surface area contributed by atoms with Crippen LogP contribution in [0.25, 0.3) is 27.5 Å². The van der Waals surface area contributed by atoms with Gasteiger partial charge in [-0.25, -0.2) is 0 Å². The number of hydrogen-bond acceptors (Lipinski definition) is 2. The summed E-state index contributed by atoms with van der Waals surface area (Å²) in [5.74, 6) is -0.256. The molecule has 0 unspecified atom stereocenters. The van der Waals surface area contributed by atoms with E-state index in [4.69, 9.17) is 0 Å². The fourth-order valence-corrected chi connectivity index (χ4v) is 3.65. The van der Waals surface area contributed by atoms with Crippen LogP contribution in [0.2, 0.25) is 0 Å². The summed E-state index contributed by atoms with van der Waals surface area (Å²) >= 11 is 0. The van der Waals surface area contributed by atoms with Crippen molar-refractivity contribution in [3.05, 3.63) is 90.0 Å². The second-order valence-corrected chi connectivity index (χ2v) is 6.14. The Labute approximate surface area is 143 Å². The van der Waals surface area contributed by atoms with Crippen LogP contribution in [0.3, 0.4) is 0 Å². The molecule has 0 bridgehead atoms. The molecular weight excluding hydrogens is 310 g/mol. The van der Waals surface area contributed by atoms with Gasteiger partial charge < -0.3 is 4.57 Å². The van der Waals surface area contributed by atoms with Gasteiger partial charge in [0, 0.05) is 28.0 Å². The molecular formula is C22H13NO2. The molecule has 1 aliphatic rings. The van der Waals surface area contributed by atoms with Gasteiger partial charge >= 0.3 is 0 Å². The molecule has 0 amide bonds. The Balaban J connectivity index is 1.88. The van der Waals surface area contributed by atoms with Crippen molar-refractivity contribution in [3.8, 4) is 0 Å². The third kappa shape index (κ3) is 1.86. The number of rotatable bonds is 1. The molecule has 1 aliphatic carbocycles. The molecule has 1 aromatic heterocycles. The van der Waals surface area contributed by atoms with Crippen molar-refractivity contribution in [2.75, 3.05) is 0 Å². The number of Topliss-reactive ketones (excluding diaryl/α,β-unsaturated/α-hetero) is 1. The van der Waals surface area contributed by atoms with Crippen LogP contribution in [0.15, 0.2) is 78.9 Å². The molecule has 0 aliphatic heterocycles. The van der Waals surface area contributed by atoms with E-state index < -0.39 is 0 Å². The maximum Gasteiger partial charge on any atom is 0.210 e. The van der Waals surface area contributed by atoms with Crippen LogP contribution >= 0.6 is 0 Å². The average Bonchev–Trinajstić information content (AvgIpc) is 2.99. The molecule has 4 aromatic rings. The zero-order valence-corrected chi connectivity index (χ0v) is 13.3. The molecule has 0 radical (unpaired) electrons. The smallest absolute Gasteiger partial charge is 0.210 e. The Kier molecular flexibility index (Phi) is 2.80. The minimum Gasteiger partial charge on any atom is -0.305 e. The number of para-hydroxylation sites is 2. The van der Waals surface area contributed by atoms with Crippen molar-refractivity contribution in [1.82, 2.24) is 4.57 Å². The van der Waals surface area contributed by atoms with E-state index in [-0.39, 0.29) is 11.6 Å². The van der Waals surface area contributed by atoms with Gasteiger partial charge in [0.05, 0.1) is 16.7 Å². The lowest BCUT2D eigenvalue weighted by atomic mass is 9.92. The van der Waals surface area contributed by atoms with Gasteiger partial charge in [0.15, 0.2) is 5.78 Å². The van der Waals surface area contributed by atoms with E-state index in [2.05, 4.69) is 0 Å². The first kappa shape index (κ1) is 13.9. The van der Waals surface area contributed by atoms with Crippen LogP contribution in [-0.4, -0.2) is 16.1 Å². The molecule has 0 fully saturated rings. The van der Waals surface area contributed by atoms with Crippen LogP contribution in [0, 0.1) is 0 Å². The average molecular weight is 323 g/mol. The van der Waals surface area contributed by atoms with E-state index in [0.29, 0.717) is 16.8 Å². The van der Waals surface area contributed by atoms with Gasteiger partial charge in [-0.3, -0.25) is 9.59 Å². The van der Waals surface area contributed by atoms with Gasteiger partial charge in [-0.2, -0.15) is 0 Å². The number of fused-ring (bicyclic) bond motifs is 4. The first-order chi connectivity index (χ1) is 12.3. The Morgan fingerprint density at radius 2 is 1.12 bits per heavy atom. The minimum atomic E-state index is -0.132.